The van der Waals surface area contributed by atoms with E-state index in [1.165, 1.54) is 24.3 Å². The molecule has 62 heavy (non-hydrogen) atoms. The van der Waals surface area contributed by atoms with Crippen molar-refractivity contribution in [1.29, 1.82) is 0 Å². The maximum absolute atomic E-state index is 13.8. The molecule has 4 aliphatic rings. The average Bonchev–Trinajstić information content (AvgIpc) is 3.69. The maximum atomic E-state index is 13.8. The van der Waals surface area contributed by atoms with E-state index < -0.39 is 52.9 Å². The molecule has 0 aromatic carbocycles. The molecule has 0 radical (unpaired) electrons. The molecule has 4 aliphatic heterocycles. The zero-order chi connectivity index (χ0) is 44.7. The van der Waals surface area contributed by atoms with Crippen molar-refractivity contribution in [1.82, 2.24) is 46.7 Å². The van der Waals surface area contributed by atoms with Gasteiger partial charge < -0.3 is 56.4 Å². The number of carbonyl (C=O) groups excluding carboxylic acids is 5. The van der Waals surface area contributed by atoms with Crippen LogP contribution in [0, 0.1) is 0 Å². The van der Waals surface area contributed by atoms with Gasteiger partial charge in [0, 0.05) is 26.2 Å². The summed E-state index contributed by atoms with van der Waals surface area (Å²) in [5.41, 5.74) is -2.41. The third kappa shape index (κ3) is 14.9. The van der Waals surface area contributed by atoms with Gasteiger partial charge in [0.05, 0.1) is 37.9 Å². The summed E-state index contributed by atoms with van der Waals surface area (Å²) in [5.74, 6) is -2.87. The molecule has 20 nitrogen and oxygen atoms in total. The van der Waals surface area contributed by atoms with Crippen molar-refractivity contribution in [2.75, 3.05) is 78.9 Å². The van der Waals surface area contributed by atoms with Crippen molar-refractivity contribution in [3.05, 3.63) is 67.5 Å². The van der Waals surface area contributed by atoms with Gasteiger partial charge in [0.2, 0.25) is 5.91 Å². The van der Waals surface area contributed by atoms with E-state index in [9.17, 15) is 33.6 Å². The standard InChI is InChI=1S/C42H65N9O11/c1-4-7-24-61-50-34-15-13-29(41(50)57)36(52)45-20-10-18-43-17-9-12-31(38(54)47-22-26-59-23-6-3)44-19-11-21-46-37(53)30-14-16-35(51(42(30)58)62-25-8-5-2)40(56)49-33-28-60-27-32(33)48-39(34)55/h13-16,31-33,43-44H,4-12,17-28H2,1-3H3,(H,45,52)(H,46,53)(H,47,54)(H,48,55)(H,49,56)/t31?,32-,33+/m1/s1. The summed E-state index contributed by atoms with van der Waals surface area (Å²) >= 11 is 0. The first-order valence-electron chi connectivity index (χ1n) is 21.9. The lowest BCUT2D eigenvalue weighted by atomic mass is 10.1. The first kappa shape index (κ1) is 49.3. The minimum Gasteiger partial charge on any atom is -0.410 e. The quantitative estimate of drug-likeness (QED) is 0.119. The Labute approximate surface area is 361 Å². The summed E-state index contributed by atoms with van der Waals surface area (Å²) in [5, 5.41) is 20.6. The van der Waals surface area contributed by atoms with Gasteiger partial charge in [0.1, 0.15) is 35.7 Å². The number of fused-ring (bicyclic) bond motifs is 2. The number of aromatic nitrogens is 2. The van der Waals surface area contributed by atoms with Gasteiger partial charge in [-0.2, -0.15) is 0 Å². The van der Waals surface area contributed by atoms with E-state index in [-0.39, 0.29) is 67.9 Å². The van der Waals surface area contributed by atoms with Gasteiger partial charge in [0.25, 0.3) is 34.7 Å². The second-order valence-electron chi connectivity index (χ2n) is 15.1. The fourth-order valence-corrected chi connectivity index (χ4v) is 6.57. The summed E-state index contributed by atoms with van der Waals surface area (Å²) in [6.07, 6.45) is 5.71. The van der Waals surface area contributed by atoms with Crippen molar-refractivity contribution in [3.8, 4) is 0 Å². The van der Waals surface area contributed by atoms with Crippen molar-refractivity contribution in [3.63, 3.8) is 0 Å². The molecule has 5 amide bonds. The zero-order valence-corrected chi connectivity index (χ0v) is 36.3. The van der Waals surface area contributed by atoms with Crippen LogP contribution in [0.15, 0.2) is 33.9 Å². The Kier molecular flexibility index (Phi) is 21.4. The second kappa shape index (κ2) is 26.9. The molecule has 344 valence electrons. The average molecular weight is 872 g/mol. The fourth-order valence-electron chi connectivity index (χ4n) is 6.57. The number of pyridine rings is 2. The van der Waals surface area contributed by atoms with Gasteiger partial charge in [0.15, 0.2) is 0 Å². The predicted molar refractivity (Wildman–Crippen MR) is 229 cm³/mol. The third-order valence-electron chi connectivity index (χ3n) is 10.1. The third-order valence-corrected chi connectivity index (χ3v) is 10.1. The van der Waals surface area contributed by atoms with E-state index in [4.69, 9.17) is 19.1 Å². The molecular formula is C42H65N9O11. The lowest BCUT2D eigenvalue weighted by Crippen LogP contribution is -2.52. The summed E-state index contributed by atoms with van der Waals surface area (Å²) in [6.45, 7) is 9.52. The Morgan fingerprint density at radius 2 is 1.19 bits per heavy atom. The molecule has 1 unspecified atom stereocenters. The van der Waals surface area contributed by atoms with Crippen LogP contribution in [0.2, 0.25) is 0 Å². The topological polar surface area (TPSA) is 250 Å². The van der Waals surface area contributed by atoms with Crippen molar-refractivity contribution < 1.29 is 43.1 Å². The molecule has 6 heterocycles. The number of hydrogen-bond acceptors (Lipinski definition) is 13. The highest BCUT2D eigenvalue weighted by Crippen LogP contribution is 2.11. The zero-order valence-electron chi connectivity index (χ0n) is 36.3. The van der Waals surface area contributed by atoms with E-state index in [0.717, 1.165) is 28.7 Å². The van der Waals surface area contributed by atoms with Gasteiger partial charge in [-0.1, -0.05) is 33.6 Å². The van der Waals surface area contributed by atoms with Crippen LogP contribution in [0.4, 0.5) is 0 Å². The Bertz CT molecular complexity index is 1900. The molecule has 6 rings (SSSR count). The molecule has 3 atom stereocenters. The van der Waals surface area contributed by atoms with Crippen LogP contribution in [0.3, 0.4) is 0 Å². The highest BCUT2D eigenvalue weighted by Gasteiger charge is 2.34. The van der Waals surface area contributed by atoms with Crippen LogP contribution in [-0.4, -0.2) is 136 Å². The number of nitrogens with zero attached hydrogens (tertiary/aromatic N) is 2. The maximum Gasteiger partial charge on any atom is 0.296 e. The molecular weight excluding hydrogens is 807 g/mol. The van der Waals surface area contributed by atoms with Gasteiger partial charge in [-0.25, -0.2) is 0 Å². The van der Waals surface area contributed by atoms with E-state index in [0.29, 0.717) is 77.9 Å². The van der Waals surface area contributed by atoms with E-state index in [1.54, 1.807) is 0 Å². The molecule has 4 bridgehead atoms. The minimum absolute atomic E-state index is 0.0147. The number of ether oxygens (including phenoxy) is 2. The predicted octanol–water partition coefficient (Wildman–Crippen LogP) is -0.481. The minimum atomic E-state index is -0.831. The molecule has 0 spiro atoms. The summed E-state index contributed by atoms with van der Waals surface area (Å²) in [7, 11) is 0. The number of carbonyl (C=O) groups is 5. The number of rotatable bonds is 14. The highest BCUT2D eigenvalue weighted by molar-refractivity contribution is 5.97. The van der Waals surface area contributed by atoms with Crippen LogP contribution in [-0.2, 0) is 14.3 Å². The van der Waals surface area contributed by atoms with Crippen LogP contribution < -0.4 is 58.0 Å². The normalized spacial score (nSPS) is 20.0. The lowest BCUT2D eigenvalue weighted by Gasteiger charge is -2.22. The first-order chi connectivity index (χ1) is 30.1. The Hall–Kier alpha value is -5.31. The van der Waals surface area contributed by atoms with Crippen LogP contribution in [0.1, 0.15) is 120 Å². The van der Waals surface area contributed by atoms with Crippen LogP contribution in [0.25, 0.3) is 0 Å². The van der Waals surface area contributed by atoms with Crippen molar-refractivity contribution in [2.24, 2.45) is 0 Å². The molecule has 20 heteroatoms. The number of nitrogens with one attached hydrogen (secondary N) is 7. The van der Waals surface area contributed by atoms with Gasteiger partial charge in [-0.3, -0.25) is 33.6 Å². The smallest absolute Gasteiger partial charge is 0.296 e. The molecule has 0 aliphatic carbocycles. The molecule has 1 saturated heterocycles. The molecule has 0 saturated carbocycles. The van der Waals surface area contributed by atoms with Crippen LogP contribution >= 0.6 is 0 Å². The Balaban J connectivity index is 1.58. The highest BCUT2D eigenvalue weighted by atomic mass is 16.7. The summed E-state index contributed by atoms with van der Waals surface area (Å²) in [4.78, 5) is 106. The largest absolute Gasteiger partial charge is 0.410 e. The van der Waals surface area contributed by atoms with E-state index >= 15 is 0 Å². The van der Waals surface area contributed by atoms with Crippen molar-refractivity contribution >= 4 is 29.5 Å². The Morgan fingerprint density at radius 1 is 0.661 bits per heavy atom. The summed E-state index contributed by atoms with van der Waals surface area (Å²) < 4.78 is 12.7. The van der Waals surface area contributed by atoms with E-state index in [2.05, 4.69) is 37.2 Å². The molecule has 7 N–H and O–H groups in total. The van der Waals surface area contributed by atoms with Gasteiger partial charge in [-0.15, -0.1) is 9.46 Å². The van der Waals surface area contributed by atoms with Gasteiger partial charge >= 0.3 is 0 Å². The number of hydrogen-bond donors (Lipinski definition) is 7. The van der Waals surface area contributed by atoms with Crippen molar-refractivity contribution in [2.45, 2.75) is 96.7 Å². The number of amides is 5. The van der Waals surface area contributed by atoms with Gasteiger partial charge in [-0.05, 0) is 88.8 Å². The fraction of sp³-hybridized carbons (Fsp3) is 0.643. The Morgan fingerprint density at radius 3 is 1.73 bits per heavy atom. The SMILES string of the molecule is CCCCOn1c2ccc(c1=O)C(=O)NCCCNC(C(=O)NCCOCCC)CCCNCCCNC(=O)c1ccc(n(OCCCC)c1=O)C(=O)N[C@@H]1COC[C@@H]1NC2=O. The molecule has 1 fully saturated rings. The molecule has 2 aromatic heterocycles. The second-order valence-corrected chi connectivity index (χ2v) is 15.1. The van der Waals surface area contributed by atoms with Crippen LogP contribution in [0.5, 0.6) is 0 Å². The molecule has 2 aromatic rings. The van der Waals surface area contributed by atoms with E-state index in [1.807, 2.05) is 20.8 Å². The number of unbranched alkanes of at least 4 members (excludes halogenated alkanes) is 2. The summed E-state index contributed by atoms with van der Waals surface area (Å²) in [6, 6.07) is 3.13. The monoisotopic (exact) mass is 871 g/mol. The lowest BCUT2D eigenvalue weighted by molar-refractivity contribution is -0.123. The first-order valence-corrected chi connectivity index (χ1v) is 21.9.